The maximum absolute atomic E-state index is 5.85. The zero-order chi connectivity index (χ0) is 17.2. The van der Waals surface area contributed by atoms with E-state index in [2.05, 4.69) is 15.9 Å². The molecule has 3 atom stereocenters. The summed E-state index contributed by atoms with van der Waals surface area (Å²) in [7, 11) is 3.35. The fourth-order valence-corrected chi connectivity index (χ4v) is 4.09. The standard InChI is InChI=1S/C19H27N3O3/c1-23-16-12-14(19(24-2)25-16)17-18(20-13-8-4-3-5-9-13)22-11-7-6-10-15(22)21-17/h6-7,10-11,13-14,16,19-20H,3-5,8-9,12H2,1-2H3. The first kappa shape index (κ1) is 16.8. The Hall–Kier alpha value is -1.63. The van der Waals surface area contributed by atoms with E-state index >= 15 is 0 Å². The fourth-order valence-electron chi connectivity index (χ4n) is 4.09. The Morgan fingerprint density at radius 2 is 2.00 bits per heavy atom. The van der Waals surface area contributed by atoms with Crippen LogP contribution in [0.5, 0.6) is 0 Å². The summed E-state index contributed by atoms with van der Waals surface area (Å²) in [5.41, 5.74) is 1.97. The SMILES string of the molecule is COC1CC(c2nc3ccccn3c2NC2CCCCC2)C(OC)O1. The van der Waals surface area contributed by atoms with Crippen LogP contribution in [-0.4, -0.2) is 42.2 Å². The van der Waals surface area contributed by atoms with Gasteiger partial charge in [-0.05, 0) is 25.0 Å². The lowest BCUT2D eigenvalue weighted by atomic mass is 9.95. The summed E-state index contributed by atoms with van der Waals surface area (Å²) in [5.74, 6) is 1.14. The van der Waals surface area contributed by atoms with Gasteiger partial charge in [-0.1, -0.05) is 25.3 Å². The van der Waals surface area contributed by atoms with Crippen LogP contribution in [0.2, 0.25) is 0 Å². The van der Waals surface area contributed by atoms with Gasteiger partial charge in [0.1, 0.15) is 11.5 Å². The van der Waals surface area contributed by atoms with Gasteiger partial charge in [0.2, 0.25) is 0 Å². The molecule has 6 nitrogen and oxygen atoms in total. The third-order valence-corrected chi connectivity index (χ3v) is 5.41. The predicted molar refractivity (Wildman–Crippen MR) is 95.7 cm³/mol. The van der Waals surface area contributed by atoms with Gasteiger partial charge in [0.05, 0.1) is 11.6 Å². The minimum atomic E-state index is -0.332. The Balaban J connectivity index is 1.70. The zero-order valence-electron chi connectivity index (χ0n) is 15.0. The van der Waals surface area contributed by atoms with Crippen molar-refractivity contribution < 1.29 is 14.2 Å². The smallest absolute Gasteiger partial charge is 0.168 e. The topological polar surface area (TPSA) is 57.0 Å². The van der Waals surface area contributed by atoms with Gasteiger partial charge in [0.15, 0.2) is 12.6 Å². The molecule has 2 aromatic rings. The van der Waals surface area contributed by atoms with E-state index in [4.69, 9.17) is 19.2 Å². The van der Waals surface area contributed by atoms with Crippen molar-refractivity contribution in [1.82, 2.24) is 9.38 Å². The highest BCUT2D eigenvalue weighted by molar-refractivity contribution is 5.57. The average molecular weight is 345 g/mol. The Morgan fingerprint density at radius 1 is 1.16 bits per heavy atom. The number of imidazole rings is 1. The van der Waals surface area contributed by atoms with Crippen LogP contribution in [0.25, 0.3) is 5.65 Å². The molecule has 1 saturated carbocycles. The summed E-state index contributed by atoms with van der Waals surface area (Å²) in [4.78, 5) is 4.91. The third kappa shape index (κ3) is 3.26. The Kier molecular flexibility index (Phi) is 4.92. The molecular weight excluding hydrogens is 318 g/mol. The van der Waals surface area contributed by atoms with Crippen molar-refractivity contribution >= 4 is 11.5 Å². The van der Waals surface area contributed by atoms with E-state index in [1.807, 2.05) is 18.2 Å². The molecule has 25 heavy (non-hydrogen) atoms. The average Bonchev–Trinajstić information content (AvgIpc) is 3.24. The van der Waals surface area contributed by atoms with Crippen LogP contribution < -0.4 is 5.32 Å². The number of ether oxygens (including phenoxy) is 3. The maximum Gasteiger partial charge on any atom is 0.168 e. The molecule has 0 radical (unpaired) electrons. The molecule has 3 heterocycles. The van der Waals surface area contributed by atoms with E-state index in [0.717, 1.165) is 23.6 Å². The Labute approximate surface area is 148 Å². The van der Waals surface area contributed by atoms with Crippen molar-refractivity contribution in [3.8, 4) is 0 Å². The number of methoxy groups -OCH3 is 2. The first-order valence-electron chi connectivity index (χ1n) is 9.24. The number of pyridine rings is 1. The van der Waals surface area contributed by atoms with Gasteiger partial charge in [-0.3, -0.25) is 4.40 Å². The number of hydrogen-bond donors (Lipinski definition) is 1. The number of nitrogens with zero attached hydrogens (tertiary/aromatic N) is 2. The molecule has 0 aromatic carbocycles. The van der Waals surface area contributed by atoms with E-state index in [0.29, 0.717) is 6.04 Å². The van der Waals surface area contributed by atoms with E-state index < -0.39 is 0 Å². The van der Waals surface area contributed by atoms with Crippen molar-refractivity contribution in [2.75, 3.05) is 19.5 Å². The number of fused-ring (bicyclic) bond motifs is 1. The first-order valence-corrected chi connectivity index (χ1v) is 9.24. The van der Waals surface area contributed by atoms with Crippen molar-refractivity contribution in [3.63, 3.8) is 0 Å². The molecule has 2 aromatic heterocycles. The van der Waals surface area contributed by atoms with Crippen LogP contribution in [0.1, 0.15) is 50.1 Å². The van der Waals surface area contributed by atoms with Crippen LogP contribution in [0.3, 0.4) is 0 Å². The highest BCUT2D eigenvalue weighted by Gasteiger charge is 2.40. The van der Waals surface area contributed by atoms with Crippen LogP contribution in [-0.2, 0) is 14.2 Å². The molecule has 3 unspecified atom stereocenters. The van der Waals surface area contributed by atoms with E-state index in [1.54, 1.807) is 14.2 Å². The van der Waals surface area contributed by atoms with Gasteiger partial charge >= 0.3 is 0 Å². The minimum absolute atomic E-state index is 0.0564. The van der Waals surface area contributed by atoms with Crippen molar-refractivity contribution in [2.45, 2.75) is 63.1 Å². The van der Waals surface area contributed by atoms with Crippen molar-refractivity contribution in [2.24, 2.45) is 0 Å². The monoisotopic (exact) mass is 345 g/mol. The quantitative estimate of drug-likeness (QED) is 0.898. The molecule has 0 amide bonds. The molecule has 4 rings (SSSR count). The molecule has 2 aliphatic rings. The first-order chi connectivity index (χ1) is 12.3. The number of hydrogen-bond acceptors (Lipinski definition) is 5. The number of anilines is 1. The summed E-state index contributed by atoms with van der Waals surface area (Å²) in [6.07, 6.45) is 8.61. The molecule has 2 fully saturated rings. The maximum atomic E-state index is 5.85. The second kappa shape index (κ2) is 7.32. The fraction of sp³-hybridized carbons (Fsp3) is 0.632. The van der Waals surface area contributed by atoms with Gasteiger partial charge in [0, 0.05) is 32.9 Å². The lowest BCUT2D eigenvalue weighted by Crippen LogP contribution is -2.25. The molecule has 6 heteroatoms. The highest BCUT2D eigenvalue weighted by atomic mass is 16.8. The molecule has 1 saturated heterocycles. The second-order valence-corrected chi connectivity index (χ2v) is 7.00. The third-order valence-electron chi connectivity index (χ3n) is 5.41. The number of nitrogens with one attached hydrogen (secondary N) is 1. The van der Waals surface area contributed by atoms with Gasteiger partial charge in [-0.2, -0.15) is 0 Å². The molecule has 136 valence electrons. The summed E-state index contributed by atoms with van der Waals surface area (Å²) in [6.45, 7) is 0. The van der Waals surface area contributed by atoms with E-state index in [1.165, 1.54) is 32.1 Å². The van der Waals surface area contributed by atoms with Gasteiger partial charge in [-0.25, -0.2) is 4.98 Å². The molecular formula is C19H27N3O3. The van der Waals surface area contributed by atoms with Crippen LogP contribution in [0, 0.1) is 0 Å². The molecule has 0 bridgehead atoms. The van der Waals surface area contributed by atoms with E-state index in [-0.39, 0.29) is 18.5 Å². The normalized spacial score (nSPS) is 27.8. The second-order valence-electron chi connectivity index (χ2n) is 7.00. The van der Waals surface area contributed by atoms with Crippen LogP contribution >= 0.6 is 0 Å². The molecule has 1 aliphatic carbocycles. The lowest BCUT2D eigenvalue weighted by molar-refractivity contribution is -0.188. The largest absolute Gasteiger partial charge is 0.367 e. The molecule has 0 spiro atoms. The van der Waals surface area contributed by atoms with Crippen molar-refractivity contribution in [3.05, 3.63) is 30.1 Å². The summed E-state index contributed by atoms with van der Waals surface area (Å²) in [6, 6.07) is 6.62. The van der Waals surface area contributed by atoms with Crippen LogP contribution in [0.4, 0.5) is 5.82 Å². The Bertz CT molecular complexity index is 711. The summed E-state index contributed by atoms with van der Waals surface area (Å²) >= 11 is 0. The van der Waals surface area contributed by atoms with Crippen molar-refractivity contribution in [1.29, 1.82) is 0 Å². The Morgan fingerprint density at radius 3 is 2.76 bits per heavy atom. The summed E-state index contributed by atoms with van der Waals surface area (Å²) < 4.78 is 19.0. The van der Waals surface area contributed by atoms with Crippen LogP contribution in [0.15, 0.2) is 24.4 Å². The molecule has 1 N–H and O–H groups in total. The lowest BCUT2D eigenvalue weighted by Gasteiger charge is -2.25. The van der Waals surface area contributed by atoms with Gasteiger partial charge in [-0.15, -0.1) is 0 Å². The summed E-state index contributed by atoms with van der Waals surface area (Å²) in [5, 5.41) is 3.78. The van der Waals surface area contributed by atoms with E-state index in [9.17, 15) is 0 Å². The highest BCUT2D eigenvalue weighted by Crippen LogP contribution is 2.39. The van der Waals surface area contributed by atoms with Gasteiger partial charge < -0.3 is 19.5 Å². The predicted octanol–water partition coefficient (Wildman–Crippen LogP) is 3.53. The molecule has 1 aliphatic heterocycles. The zero-order valence-corrected chi connectivity index (χ0v) is 15.0. The minimum Gasteiger partial charge on any atom is -0.367 e. The number of rotatable bonds is 5. The number of aromatic nitrogens is 2. The van der Waals surface area contributed by atoms with Gasteiger partial charge in [0.25, 0.3) is 0 Å².